The Morgan fingerprint density at radius 3 is 2.00 bits per heavy atom. The predicted molar refractivity (Wildman–Crippen MR) is 58.0 cm³/mol. The maximum absolute atomic E-state index is 5.56. The molecule has 12 heavy (non-hydrogen) atoms. The highest BCUT2D eigenvalue weighted by Crippen LogP contribution is 2.07. The fourth-order valence-corrected chi connectivity index (χ4v) is 1.44. The molecule has 0 heterocycles. The number of halogens is 2. The minimum atomic E-state index is 0.814. The number of rotatable bonds is 8. The minimum Gasteiger partial charge on any atom is -0.127 e. The van der Waals surface area contributed by atoms with Crippen LogP contribution < -0.4 is 0 Å². The Hall–Kier alpha value is 0.320. The van der Waals surface area contributed by atoms with Crippen LogP contribution in [0.2, 0.25) is 0 Å². The topological polar surface area (TPSA) is 0 Å². The summed E-state index contributed by atoms with van der Waals surface area (Å²) in [5.41, 5.74) is 1.60. The summed E-state index contributed by atoms with van der Waals surface area (Å²) < 4.78 is 0. The summed E-state index contributed by atoms with van der Waals surface area (Å²) in [6.07, 6.45) is 10.9. The van der Waals surface area contributed by atoms with Crippen molar-refractivity contribution in [3.8, 4) is 0 Å². The first-order valence-corrected chi connectivity index (χ1v) is 5.70. The molecular weight excluding hydrogens is 191 g/mol. The highest BCUT2D eigenvalue weighted by atomic mass is 35.5. The van der Waals surface area contributed by atoms with E-state index in [0.717, 1.165) is 12.3 Å². The molecule has 0 saturated heterocycles. The highest BCUT2D eigenvalue weighted by Gasteiger charge is 1.89. The first-order valence-electron chi connectivity index (χ1n) is 4.73. The second-order valence-corrected chi connectivity index (χ2v) is 3.59. The van der Waals surface area contributed by atoms with Crippen molar-refractivity contribution >= 4 is 23.2 Å². The smallest absolute Gasteiger partial charge is 0.0223 e. The molecule has 0 aliphatic heterocycles. The van der Waals surface area contributed by atoms with E-state index in [2.05, 4.69) is 0 Å². The molecule has 0 fully saturated rings. The Balaban J connectivity index is 2.81. The molecule has 0 radical (unpaired) electrons. The molecule has 0 aromatic carbocycles. The average molecular weight is 209 g/mol. The summed E-state index contributed by atoms with van der Waals surface area (Å²) in [5, 5.41) is 0. The van der Waals surface area contributed by atoms with Crippen LogP contribution in [-0.2, 0) is 0 Å². The lowest BCUT2D eigenvalue weighted by atomic mass is 10.1. The lowest BCUT2D eigenvalue weighted by Gasteiger charge is -1.97. The normalized spacial score (nSPS) is 11.2. The van der Waals surface area contributed by atoms with E-state index in [1.54, 1.807) is 5.54 Å². The van der Waals surface area contributed by atoms with E-state index in [1.807, 2.05) is 6.08 Å². The van der Waals surface area contributed by atoms with Crippen LogP contribution in [0.1, 0.15) is 44.9 Å². The van der Waals surface area contributed by atoms with Crippen molar-refractivity contribution in [2.45, 2.75) is 44.9 Å². The van der Waals surface area contributed by atoms with Crippen molar-refractivity contribution < 1.29 is 0 Å². The zero-order chi connectivity index (χ0) is 9.07. The van der Waals surface area contributed by atoms with Gasteiger partial charge in [0.2, 0.25) is 0 Å². The molecule has 72 valence electrons. The van der Waals surface area contributed by atoms with E-state index < -0.39 is 0 Å². The average Bonchev–Trinajstić information content (AvgIpc) is 2.10. The zero-order valence-electron chi connectivity index (χ0n) is 7.57. The lowest BCUT2D eigenvalue weighted by Crippen LogP contribution is -1.80. The molecule has 2 heteroatoms. The van der Waals surface area contributed by atoms with Crippen LogP contribution in [0.15, 0.2) is 11.6 Å². The van der Waals surface area contributed by atoms with Crippen molar-refractivity contribution in [2.24, 2.45) is 0 Å². The van der Waals surface area contributed by atoms with E-state index in [-0.39, 0.29) is 0 Å². The highest BCUT2D eigenvalue weighted by molar-refractivity contribution is 6.25. The van der Waals surface area contributed by atoms with Gasteiger partial charge in [-0.2, -0.15) is 0 Å². The molecule has 0 aliphatic rings. The van der Waals surface area contributed by atoms with Gasteiger partial charge in [-0.3, -0.25) is 0 Å². The summed E-state index contributed by atoms with van der Waals surface area (Å²) in [7, 11) is 0. The van der Waals surface area contributed by atoms with Gasteiger partial charge in [-0.05, 0) is 19.3 Å². The van der Waals surface area contributed by atoms with Crippen LogP contribution in [0.4, 0.5) is 0 Å². The van der Waals surface area contributed by atoms with E-state index in [0.29, 0.717) is 0 Å². The van der Waals surface area contributed by atoms with Gasteiger partial charge in [0.05, 0.1) is 0 Å². The third-order valence-electron chi connectivity index (χ3n) is 1.84. The van der Waals surface area contributed by atoms with Crippen LogP contribution in [-0.4, -0.2) is 5.88 Å². The summed E-state index contributed by atoms with van der Waals surface area (Å²) in [6, 6.07) is 0. The molecule has 0 aromatic heterocycles. The number of alkyl halides is 1. The molecule has 0 rings (SSSR count). The molecule has 0 aromatic rings. The Bertz CT molecular complexity index is 100. The van der Waals surface area contributed by atoms with Crippen molar-refractivity contribution in [3.05, 3.63) is 11.6 Å². The molecule has 0 amide bonds. The fourth-order valence-electron chi connectivity index (χ4n) is 1.13. The lowest BCUT2D eigenvalue weighted by molar-refractivity contribution is 0.612. The fraction of sp³-hybridized carbons (Fsp3) is 0.800. The zero-order valence-corrected chi connectivity index (χ0v) is 9.08. The molecule has 0 unspecified atom stereocenters. The predicted octanol–water partition coefficient (Wildman–Crippen LogP) is 4.71. The Kier molecular flexibility index (Phi) is 11.6. The maximum atomic E-state index is 5.56. The second kappa shape index (κ2) is 11.3. The quantitative estimate of drug-likeness (QED) is 0.401. The summed E-state index contributed by atoms with van der Waals surface area (Å²) in [4.78, 5) is 0. The van der Waals surface area contributed by atoms with Gasteiger partial charge in [0, 0.05) is 11.4 Å². The molecule has 0 spiro atoms. The van der Waals surface area contributed by atoms with Gasteiger partial charge >= 0.3 is 0 Å². The third-order valence-corrected chi connectivity index (χ3v) is 2.29. The molecule has 0 aliphatic carbocycles. The van der Waals surface area contributed by atoms with Gasteiger partial charge in [0.25, 0.3) is 0 Å². The molecule has 0 bridgehead atoms. The summed E-state index contributed by atoms with van der Waals surface area (Å²) in [6.45, 7) is 0. The monoisotopic (exact) mass is 208 g/mol. The largest absolute Gasteiger partial charge is 0.127 e. The van der Waals surface area contributed by atoms with Gasteiger partial charge in [-0.1, -0.05) is 43.4 Å². The van der Waals surface area contributed by atoms with Gasteiger partial charge in [-0.25, -0.2) is 0 Å². The van der Waals surface area contributed by atoms with Crippen molar-refractivity contribution in [2.75, 3.05) is 5.88 Å². The standard InChI is InChI=1S/C10H18Cl2/c11-9-7-5-3-1-2-4-6-8-10-12/h7,9H,1-6,8,10H2. The van der Waals surface area contributed by atoms with E-state index >= 15 is 0 Å². The van der Waals surface area contributed by atoms with Crippen molar-refractivity contribution in [1.29, 1.82) is 0 Å². The molecule has 0 nitrogen and oxygen atoms in total. The number of unbranched alkanes of at least 4 members (excludes halogenated alkanes) is 6. The second-order valence-electron chi connectivity index (χ2n) is 2.96. The van der Waals surface area contributed by atoms with Gasteiger partial charge < -0.3 is 0 Å². The van der Waals surface area contributed by atoms with Crippen LogP contribution in [0.5, 0.6) is 0 Å². The number of allylic oxidation sites excluding steroid dienone is 1. The van der Waals surface area contributed by atoms with Crippen LogP contribution in [0, 0.1) is 0 Å². The Labute approximate surface area is 85.9 Å². The number of hydrogen-bond acceptors (Lipinski definition) is 0. The van der Waals surface area contributed by atoms with Crippen molar-refractivity contribution in [1.82, 2.24) is 0 Å². The molecule has 0 atom stereocenters. The SMILES string of the molecule is ClC=CCCCCCCCCCl. The maximum Gasteiger partial charge on any atom is 0.0223 e. The van der Waals surface area contributed by atoms with Crippen LogP contribution in [0.25, 0.3) is 0 Å². The van der Waals surface area contributed by atoms with E-state index in [4.69, 9.17) is 23.2 Å². The Morgan fingerprint density at radius 1 is 0.833 bits per heavy atom. The summed E-state index contributed by atoms with van der Waals surface area (Å²) in [5.74, 6) is 0.814. The Morgan fingerprint density at radius 2 is 1.42 bits per heavy atom. The third kappa shape index (κ3) is 10.3. The first kappa shape index (κ1) is 12.3. The minimum absolute atomic E-state index is 0.814. The van der Waals surface area contributed by atoms with Gasteiger partial charge in [-0.15, -0.1) is 11.6 Å². The molecule has 0 saturated carbocycles. The number of hydrogen-bond donors (Lipinski definition) is 0. The van der Waals surface area contributed by atoms with Crippen LogP contribution >= 0.6 is 23.2 Å². The van der Waals surface area contributed by atoms with Gasteiger partial charge in [0.15, 0.2) is 0 Å². The van der Waals surface area contributed by atoms with Gasteiger partial charge in [0.1, 0.15) is 0 Å². The summed E-state index contributed by atoms with van der Waals surface area (Å²) >= 11 is 10.9. The van der Waals surface area contributed by atoms with E-state index in [9.17, 15) is 0 Å². The molecule has 0 N–H and O–H groups in total. The first-order chi connectivity index (χ1) is 5.91. The molecular formula is C10H18Cl2. The van der Waals surface area contributed by atoms with Crippen molar-refractivity contribution in [3.63, 3.8) is 0 Å². The van der Waals surface area contributed by atoms with E-state index in [1.165, 1.54) is 38.5 Å². The van der Waals surface area contributed by atoms with Crippen LogP contribution in [0.3, 0.4) is 0 Å².